The van der Waals surface area contributed by atoms with Gasteiger partial charge in [-0.1, -0.05) is 26.2 Å². The van der Waals surface area contributed by atoms with E-state index in [1.807, 2.05) is 0 Å². The molecule has 0 radical (unpaired) electrons. The van der Waals surface area contributed by atoms with Crippen molar-refractivity contribution < 1.29 is 13.2 Å². The van der Waals surface area contributed by atoms with E-state index < -0.39 is 12.7 Å². The van der Waals surface area contributed by atoms with Crippen LogP contribution in [0.3, 0.4) is 0 Å². The molecule has 1 heterocycles. The van der Waals surface area contributed by atoms with Gasteiger partial charge in [-0.25, -0.2) is 0 Å². The second-order valence-electron chi connectivity index (χ2n) is 7.05. The van der Waals surface area contributed by atoms with Crippen LogP contribution in [-0.4, -0.2) is 43.3 Å². The summed E-state index contributed by atoms with van der Waals surface area (Å²) in [5.41, 5.74) is 0. The molecule has 1 saturated carbocycles. The van der Waals surface area contributed by atoms with Gasteiger partial charge in [-0.2, -0.15) is 13.2 Å². The van der Waals surface area contributed by atoms with Crippen LogP contribution < -0.4 is 5.32 Å². The van der Waals surface area contributed by atoms with Crippen LogP contribution in [0, 0.1) is 11.8 Å². The van der Waals surface area contributed by atoms with Crippen LogP contribution in [0.2, 0.25) is 0 Å². The van der Waals surface area contributed by atoms with Gasteiger partial charge in [-0.05, 0) is 57.2 Å². The predicted molar refractivity (Wildman–Crippen MR) is 79.3 cm³/mol. The normalized spacial score (nSPS) is 29.7. The minimum atomic E-state index is -4.06. The Bertz CT molecular complexity index is 298. The first-order valence-electron chi connectivity index (χ1n) is 8.45. The summed E-state index contributed by atoms with van der Waals surface area (Å²) >= 11 is 0. The van der Waals surface area contributed by atoms with Gasteiger partial charge in [-0.15, -0.1) is 0 Å². The summed E-state index contributed by atoms with van der Waals surface area (Å²) in [5.74, 6) is 1.72. The summed E-state index contributed by atoms with van der Waals surface area (Å²) in [7, 11) is 0. The Morgan fingerprint density at radius 2 is 1.81 bits per heavy atom. The van der Waals surface area contributed by atoms with E-state index in [9.17, 15) is 13.2 Å². The minimum Gasteiger partial charge on any atom is -0.314 e. The number of likely N-dealkylation sites (tertiary alicyclic amines) is 1. The third-order valence-corrected chi connectivity index (χ3v) is 5.02. The lowest BCUT2D eigenvalue weighted by Crippen LogP contribution is -2.45. The molecule has 2 aliphatic rings. The van der Waals surface area contributed by atoms with Crippen molar-refractivity contribution in [2.45, 2.75) is 64.1 Å². The number of nitrogens with zero attached hydrogens (tertiary/aromatic N) is 1. The van der Waals surface area contributed by atoms with Crippen molar-refractivity contribution in [3.05, 3.63) is 0 Å². The van der Waals surface area contributed by atoms with E-state index in [1.165, 1.54) is 37.0 Å². The lowest BCUT2D eigenvalue weighted by molar-refractivity contribution is -0.148. The molecule has 2 nitrogen and oxygen atoms in total. The molecule has 2 atom stereocenters. The zero-order chi connectivity index (χ0) is 15.3. The summed E-state index contributed by atoms with van der Waals surface area (Å²) in [6.07, 6.45) is 4.31. The molecule has 0 amide bonds. The van der Waals surface area contributed by atoms with Crippen molar-refractivity contribution in [1.29, 1.82) is 0 Å². The number of hydrogen-bond donors (Lipinski definition) is 1. The van der Waals surface area contributed by atoms with E-state index >= 15 is 0 Å². The average Bonchev–Trinajstić information content (AvgIpc) is 2.39. The molecule has 5 heteroatoms. The predicted octanol–water partition coefficient (Wildman–Crippen LogP) is 3.82. The van der Waals surface area contributed by atoms with Gasteiger partial charge in [0.05, 0.1) is 6.54 Å². The maximum Gasteiger partial charge on any atom is 0.401 e. The van der Waals surface area contributed by atoms with E-state index in [0.717, 1.165) is 31.2 Å². The molecule has 0 aromatic rings. The maximum atomic E-state index is 12.3. The van der Waals surface area contributed by atoms with Crippen molar-refractivity contribution in [3.8, 4) is 0 Å². The quantitative estimate of drug-likeness (QED) is 0.830. The first kappa shape index (κ1) is 17.1. The van der Waals surface area contributed by atoms with E-state index in [0.29, 0.717) is 19.1 Å². The summed E-state index contributed by atoms with van der Waals surface area (Å²) < 4.78 is 37.0. The molecule has 2 fully saturated rings. The summed E-state index contributed by atoms with van der Waals surface area (Å²) in [6.45, 7) is 3.76. The van der Waals surface area contributed by atoms with E-state index in [4.69, 9.17) is 0 Å². The molecule has 2 rings (SSSR count). The molecule has 1 saturated heterocycles. The van der Waals surface area contributed by atoms with Gasteiger partial charge in [0.25, 0.3) is 0 Å². The second-order valence-corrected chi connectivity index (χ2v) is 7.05. The Morgan fingerprint density at radius 1 is 1.10 bits per heavy atom. The molecular formula is C16H29F3N2. The lowest BCUT2D eigenvalue weighted by Gasteiger charge is -2.33. The van der Waals surface area contributed by atoms with Gasteiger partial charge in [0.1, 0.15) is 0 Å². The average molecular weight is 306 g/mol. The highest BCUT2D eigenvalue weighted by atomic mass is 19.4. The van der Waals surface area contributed by atoms with Crippen LogP contribution in [0.15, 0.2) is 0 Å². The Hall–Kier alpha value is -0.290. The number of rotatable bonds is 5. The molecule has 0 spiro atoms. The third kappa shape index (κ3) is 6.55. The van der Waals surface area contributed by atoms with Crippen molar-refractivity contribution in [2.24, 2.45) is 11.8 Å². The fraction of sp³-hybridized carbons (Fsp3) is 1.00. The number of nitrogens with one attached hydrogen (secondary N) is 1. The van der Waals surface area contributed by atoms with Crippen molar-refractivity contribution >= 4 is 0 Å². The monoisotopic (exact) mass is 306 g/mol. The number of halogens is 3. The topological polar surface area (TPSA) is 15.3 Å². The highest BCUT2D eigenvalue weighted by molar-refractivity contribution is 4.79. The fourth-order valence-electron chi connectivity index (χ4n) is 3.86. The lowest BCUT2D eigenvalue weighted by atomic mass is 9.81. The Morgan fingerprint density at radius 3 is 2.43 bits per heavy atom. The van der Waals surface area contributed by atoms with Crippen LogP contribution in [-0.2, 0) is 0 Å². The molecule has 0 aromatic heterocycles. The van der Waals surface area contributed by atoms with Gasteiger partial charge >= 0.3 is 6.18 Å². The number of piperidine rings is 1. The van der Waals surface area contributed by atoms with Gasteiger partial charge < -0.3 is 5.32 Å². The minimum absolute atomic E-state index is 0.412. The molecule has 0 bridgehead atoms. The van der Waals surface area contributed by atoms with Crippen LogP contribution in [0.1, 0.15) is 51.9 Å². The smallest absolute Gasteiger partial charge is 0.314 e. The molecular weight excluding hydrogens is 277 g/mol. The van der Waals surface area contributed by atoms with E-state index in [2.05, 4.69) is 12.2 Å². The first-order chi connectivity index (χ1) is 9.92. The van der Waals surface area contributed by atoms with Crippen LogP contribution in [0.5, 0.6) is 0 Å². The summed E-state index contributed by atoms with van der Waals surface area (Å²) in [5, 5.41) is 3.56. The zero-order valence-corrected chi connectivity index (χ0v) is 13.1. The van der Waals surface area contributed by atoms with Gasteiger partial charge in [0.15, 0.2) is 0 Å². The van der Waals surface area contributed by atoms with Crippen molar-refractivity contribution in [1.82, 2.24) is 10.2 Å². The van der Waals surface area contributed by atoms with Crippen molar-refractivity contribution in [2.75, 3.05) is 26.2 Å². The van der Waals surface area contributed by atoms with Crippen molar-refractivity contribution in [3.63, 3.8) is 0 Å². The Labute approximate surface area is 126 Å². The maximum absolute atomic E-state index is 12.3. The molecule has 21 heavy (non-hydrogen) atoms. The van der Waals surface area contributed by atoms with Crippen LogP contribution in [0.25, 0.3) is 0 Å². The molecule has 1 aliphatic heterocycles. The zero-order valence-electron chi connectivity index (χ0n) is 13.1. The highest BCUT2D eigenvalue weighted by Crippen LogP contribution is 2.30. The SMILES string of the molecule is CC1CCCC(CCNC2CCN(CC(F)(F)F)CC2)C1. The van der Waals surface area contributed by atoms with Gasteiger partial charge in [0.2, 0.25) is 0 Å². The first-order valence-corrected chi connectivity index (χ1v) is 8.45. The Kier molecular flexibility index (Phi) is 6.35. The molecule has 1 aliphatic carbocycles. The number of alkyl halides is 3. The van der Waals surface area contributed by atoms with Gasteiger partial charge in [-0.3, -0.25) is 4.90 Å². The molecule has 124 valence electrons. The van der Waals surface area contributed by atoms with Crippen LogP contribution in [0.4, 0.5) is 13.2 Å². The summed E-state index contributed by atoms with van der Waals surface area (Å²) in [6, 6.07) is 0.412. The highest BCUT2D eigenvalue weighted by Gasteiger charge is 2.32. The standard InChI is InChI=1S/C16H29F3N2/c1-13-3-2-4-14(11-13)5-8-20-15-6-9-21(10-7-15)12-16(17,18)19/h13-15,20H,2-12H2,1H3. The summed E-state index contributed by atoms with van der Waals surface area (Å²) in [4.78, 5) is 1.53. The van der Waals surface area contributed by atoms with E-state index in [1.54, 1.807) is 0 Å². The second kappa shape index (κ2) is 7.82. The largest absolute Gasteiger partial charge is 0.401 e. The third-order valence-electron chi connectivity index (χ3n) is 5.02. The molecule has 0 aromatic carbocycles. The Balaban J connectivity index is 1.56. The van der Waals surface area contributed by atoms with Gasteiger partial charge in [0, 0.05) is 6.04 Å². The number of hydrogen-bond acceptors (Lipinski definition) is 2. The fourth-order valence-corrected chi connectivity index (χ4v) is 3.86. The van der Waals surface area contributed by atoms with Crippen LogP contribution >= 0.6 is 0 Å². The van der Waals surface area contributed by atoms with E-state index in [-0.39, 0.29) is 0 Å². The molecule has 2 unspecified atom stereocenters. The molecule has 1 N–H and O–H groups in total.